The summed E-state index contributed by atoms with van der Waals surface area (Å²) in [5, 5.41) is 20.6. The fourth-order valence-electron chi connectivity index (χ4n) is 2.31. The van der Waals surface area contributed by atoms with Crippen LogP contribution in [0.1, 0.15) is 45.4 Å². The largest absolute Gasteiger partial charge is 0.480 e. The summed E-state index contributed by atoms with van der Waals surface area (Å²) < 4.78 is 0. The lowest BCUT2D eigenvalue weighted by molar-refractivity contribution is -0.146. The van der Waals surface area contributed by atoms with E-state index >= 15 is 0 Å². The van der Waals surface area contributed by atoms with Gasteiger partial charge >= 0.3 is 12.0 Å². The number of hydrogen-bond acceptors (Lipinski definition) is 3. The number of carboxylic acid groups (broad SMARTS) is 1. The van der Waals surface area contributed by atoms with Crippen molar-refractivity contribution in [3.63, 3.8) is 0 Å². The molecule has 1 rings (SSSR count). The van der Waals surface area contributed by atoms with Crippen molar-refractivity contribution in [2.45, 2.75) is 57.0 Å². The third-order valence-electron chi connectivity index (χ3n) is 3.83. The molecule has 6 heteroatoms. The zero-order valence-corrected chi connectivity index (χ0v) is 11.5. The Morgan fingerprint density at radius 3 is 2.47 bits per heavy atom. The van der Waals surface area contributed by atoms with Crippen molar-refractivity contribution in [1.29, 1.82) is 5.26 Å². The van der Waals surface area contributed by atoms with Gasteiger partial charge in [0.1, 0.15) is 5.54 Å². The topological polar surface area (TPSA) is 93.4 Å². The molecule has 2 amide bonds. The third kappa shape index (κ3) is 3.60. The number of aliphatic carboxylic acids is 1. The lowest BCUT2D eigenvalue weighted by Crippen LogP contribution is -2.59. The minimum atomic E-state index is -1.14. The number of rotatable bonds is 4. The van der Waals surface area contributed by atoms with Gasteiger partial charge in [-0.25, -0.2) is 9.59 Å². The van der Waals surface area contributed by atoms with Gasteiger partial charge in [0.15, 0.2) is 0 Å². The van der Waals surface area contributed by atoms with Crippen LogP contribution in [0.25, 0.3) is 0 Å². The first-order valence-electron chi connectivity index (χ1n) is 6.58. The number of amides is 2. The molecule has 0 radical (unpaired) electrons. The number of carbonyl (C=O) groups excluding carboxylic acids is 1. The first kappa shape index (κ1) is 15.3. The molecule has 6 nitrogen and oxygen atoms in total. The van der Waals surface area contributed by atoms with E-state index < -0.39 is 17.5 Å². The predicted molar refractivity (Wildman–Crippen MR) is 69.4 cm³/mol. The van der Waals surface area contributed by atoms with E-state index in [0.717, 1.165) is 19.3 Å². The highest BCUT2D eigenvalue weighted by Crippen LogP contribution is 2.28. The van der Waals surface area contributed by atoms with Gasteiger partial charge in [-0.15, -0.1) is 0 Å². The maximum Gasteiger partial charge on any atom is 0.329 e. The molecule has 0 bridgehead atoms. The quantitative estimate of drug-likeness (QED) is 0.811. The Balaban J connectivity index is 2.72. The molecule has 0 saturated heterocycles. The molecule has 106 valence electrons. The van der Waals surface area contributed by atoms with E-state index in [0.29, 0.717) is 12.8 Å². The molecule has 1 aliphatic rings. The van der Waals surface area contributed by atoms with Gasteiger partial charge in [0.25, 0.3) is 0 Å². The Hall–Kier alpha value is -1.77. The van der Waals surface area contributed by atoms with Gasteiger partial charge in [-0.1, -0.05) is 19.3 Å². The molecule has 1 atom stereocenters. The molecule has 2 N–H and O–H groups in total. The molecule has 0 aromatic heterocycles. The number of urea groups is 1. The molecule has 0 aromatic carbocycles. The lowest BCUT2D eigenvalue weighted by atomic mass is 9.82. The minimum absolute atomic E-state index is 0.226. The van der Waals surface area contributed by atoms with Crippen LogP contribution in [0.2, 0.25) is 0 Å². The van der Waals surface area contributed by atoms with E-state index in [1.165, 1.54) is 4.90 Å². The predicted octanol–water partition coefficient (Wildman–Crippen LogP) is 1.72. The average molecular weight is 267 g/mol. The highest BCUT2D eigenvalue weighted by molar-refractivity contribution is 5.86. The molecule has 0 heterocycles. The van der Waals surface area contributed by atoms with Crippen LogP contribution in [-0.4, -0.2) is 40.6 Å². The van der Waals surface area contributed by atoms with E-state index in [9.17, 15) is 14.7 Å². The van der Waals surface area contributed by atoms with E-state index in [4.69, 9.17) is 5.26 Å². The lowest BCUT2D eigenvalue weighted by Gasteiger charge is -2.36. The molecular weight excluding hydrogens is 246 g/mol. The zero-order valence-electron chi connectivity index (χ0n) is 11.5. The summed E-state index contributed by atoms with van der Waals surface area (Å²) in [4.78, 5) is 24.9. The Morgan fingerprint density at radius 2 is 2.00 bits per heavy atom. The molecular formula is C13H21N3O3. The van der Waals surface area contributed by atoms with Crippen molar-refractivity contribution in [3.05, 3.63) is 0 Å². The van der Waals surface area contributed by atoms with Crippen LogP contribution in [0.4, 0.5) is 4.79 Å². The van der Waals surface area contributed by atoms with Crippen molar-refractivity contribution in [3.8, 4) is 6.07 Å². The third-order valence-corrected chi connectivity index (χ3v) is 3.83. The maximum absolute atomic E-state index is 12.1. The maximum atomic E-state index is 12.1. The standard InChI is InChI=1S/C13H21N3O3/c1-10(6-9-14)16(2)12(19)15-13(11(17)18)7-4-3-5-8-13/h10H,3-8H2,1-2H3,(H,15,19)(H,17,18). The van der Waals surface area contributed by atoms with Gasteiger partial charge in [0.05, 0.1) is 12.5 Å². The normalized spacial score (nSPS) is 19.0. The van der Waals surface area contributed by atoms with Crippen LogP contribution in [0.15, 0.2) is 0 Å². The second-order valence-corrected chi connectivity index (χ2v) is 5.20. The number of nitriles is 1. The van der Waals surface area contributed by atoms with Crippen molar-refractivity contribution in [2.24, 2.45) is 0 Å². The SMILES string of the molecule is CC(CC#N)N(C)C(=O)NC1(C(=O)O)CCCCC1. The molecule has 19 heavy (non-hydrogen) atoms. The van der Waals surface area contributed by atoms with Crippen LogP contribution in [0.5, 0.6) is 0 Å². The van der Waals surface area contributed by atoms with Crippen LogP contribution in [0, 0.1) is 11.3 Å². The second-order valence-electron chi connectivity index (χ2n) is 5.20. The number of carboxylic acids is 1. The van der Waals surface area contributed by atoms with Crippen LogP contribution >= 0.6 is 0 Å². The van der Waals surface area contributed by atoms with E-state index in [-0.39, 0.29) is 12.5 Å². The summed E-state index contributed by atoms with van der Waals surface area (Å²) in [6.45, 7) is 1.76. The fraction of sp³-hybridized carbons (Fsp3) is 0.769. The van der Waals surface area contributed by atoms with Gasteiger partial charge < -0.3 is 15.3 Å². The zero-order chi connectivity index (χ0) is 14.5. The van der Waals surface area contributed by atoms with Gasteiger partial charge in [-0.2, -0.15) is 5.26 Å². The monoisotopic (exact) mass is 267 g/mol. The smallest absolute Gasteiger partial charge is 0.329 e. The van der Waals surface area contributed by atoms with E-state index in [1.54, 1.807) is 14.0 Å². The summed E-state index contributed by atoms with van der Waals surface area (Å²) in [5.74, 6) is -0.970. The van der Waals surface area contributed by atoms with E-state index in [1.807, 2.05) is 6.07 Å². The summed E-state index contributed by atoms with van der Waals surface area (Å²) in [7, 11) is 1.58. The number of nitrogens with one attached hydrogen (secondary N) is 1. The average Bonchev–Trinajstić information content (AvgIpc) is 2.39. The molecule has 1 unspecified atom stereocenters. The summed E-state index contributed by atoms with van der Waals surface area (Å²) in [5.41, 5.74) is -1.14. The van der Waals surface area contributed by atoms with Crippen LogP contribution < -0.4 is 5.32 Å². The van der Waals surface area contributed by atoms with Gasteiger partial charge in [0.2, 0.25) is 0 Å². The van der Waals surface area contributed by atoms with Crippen molar-refractivity contribution in [2.75, 3.05) is 7.05 Å². The second kappa shape index (κ2) is 6.41. The fourth-order valence-corrected chi connectivity index (χ4v) is 2.31. The molecule has 0 spiro atoms. The van der Waals surface area contributed by atoms with Crippen molar-refractivity contribution >= 4 is 12.0 Å². The molecule has 0 aromatic rings. The molecule has 1 saturated carbocycles. The Kier molecular flexibility index (Phi) is 5.16. The first-order valence-corrected chi connectivity index (χ1v) is 6.58. The minimum Gasteiger partial charge on any atom is -0.480 e. The molecule has 1 fully saturated rings. The van der Waals surface area contributed by atoms with Gasteiger partial charge in [-0.3, -0.25) is 0 Å². The molecule has 1 aliphatic carbocycles. The van der Waals surface area contributed by atoms with Crippen LogP contribution in [0.3, 0.4) is 0 Å². The first-order chi connectivity index (χ1) is 8.93. The summed E-state index contributed by atoms with van der Waals surface area (Å²) in [6.07, 6.45) is 3.78. The van der Waals surface area contributed by atoms with Crippen LogP contribution in [-0.2, 0) is 4.79 Å². The molecule has 0 aliphatic heterocycles. The highest BCUT2D eigenvalue weighted by Gasteiger charge is 2.41. The van der Waals surface area contributed by atoms with Crippen molar-refractivity contribution in [1.82, 2.24) is 10.2 Å². The Bertz CT molecular complexity index is 383. The number of nitrogens with zero attached hydrogens (tertiary/aromatic N) is 2. The Labute approximate surface area is 113 Å². The summed E-state index contributed by atoms with van der Waals surface area (Å²) >= 11 is 0. The number of carbonyl (C=O) groups is 2. The summed E-state index contributed by atoms with van der Waals surface area (Å²) in [6, 6.07) is 1.34. The highest BCUT2D eigenvalue weighted by atomic mass is 16.4. The van der Waals surface area contributed by atoms with E-state index in [2.05, 4.69) is 5.32 Å². The van der Waals surface area contributed by atoms with Crippen molar-refractivity contribution < 1.29 is 14.7 Å². The number of hydrogen-bond donors (Lipinski definition) is 2. The van der Waals surface area contributed by atoms with Gasteiger partial charge in [0, 0.05) is 13.1 Å². The van der Waals surface area contributed by atoms with Gasteiger partial charge in [-0.05, 0) is 19.8 Å². The Morgan fingerprint density at radius 1 is 1.42 bits per heavy atom.